The van der Waals surface area contributed by atoms with Crippen LogP contribution in [0.25, 0.3) is 11.1 Å². The van der Waals surface area contributed by atoms with E-state index in [4.69, 9.17) is 4.74 Å². The number of aryl methyl sites for hydroxylation is 1. The van der Waals surface area contributed by atoms with Crippen LogP contribution in [0.15, 0.2) is 91.0 Å². The molecule has 180 valence electrons. The standard InChI is InChI=1S/C31H27NO4/c1-21-10-11-25(18-29(21)31(34)35)24-9-5-8-23(16-24)20-36-27-12-13-28-26(17-27)19-32(30(28)33)15-14-22-6-3-2-4-7-22/h2-13,16-18H,14-15,19-20H2,1H3,(H,34,35). The van der Waals surface area contributed by atoms with Crippen LogP contribution in [0.2, 0.25) is 0 Å². The van der Waals surface area contributed by atoms with Gasteiger partial charge in [-0.05, 0) is 77.1 Å². The second-order valence-electron chi connectivity index (χ2n) is 9.11. The van der Waals surface area contributed by atoms with E-state index in [2.05, 4.69) is 12.1 Å². The summed E-state index contributed by atoms with van der Waals surface area (Å²) in [5, 5.41) is 9.44. The first-order chi connectivity index (χ1) is 17.5. The third kappa shape index (κ3) is 5.01. The van der Waals surface area contributed by atoms with E-state index in [-0.39, 0.29) is 5.91 Å². The molecule has 0 saturated carbocycles. The largest absolute Gasteiger partial charge is 0.489 e. The van der Waals surface area contributed by atoms with E-state index in [0.717, 1.165) is 45.6 Å². The number of rotatable bonds is 8. The zero-order valence-corrected chi connectivity index (χ0v) is 20.1. The van der Waals surface area contributed by atoms with Crippen molar-refractivity contribution >= 4 is 11.9 Å². The Bertz CT molecular complexity index is 1430. The first-order valence-corrected chi connectivity index (χ1v) is 12.0. The molecule has 0 saturated heterocycles. The van der Waals surface area contributed by atoms with Crippen LogP contribution >= 0.6 is 0 Å². The SMILES string of the molecule is Cc1ccc(-c2cccc(COc3ccc4c(c3)CN(CCc3ccccc3)C4=O)c2)cc1C(=O)O. The Morgan fingerprint density at radius 1 is 0.889 bits per heavy atom. The topological polar surface area (TPSA) is 66.8 Å². The molecule has 1 heterocycles. The lowest BCUT2D eigenvalue weighted by Gasteiger charge is -2.15. The molecule has 5 nitrogen and oxygen atoms in total. The van der Waals surface area contributed by atoms with E-state index >= 15 is 0 Å². The highest BCUT2D eigenvalue weighted by atomic mass is 16.5. The molecule has 1 aliphatic heterocycles. The highest BCUT2D eigenvalue weighted by molar-refractivity contribution is 5.98. The number of carboxylic acid groups (broad SMARTS) is 1. The summed E-state index contributed by atoms with van der Waals surface area (Å²) >= 11 is 0. The zero-order valence-electron chi connectivity index (χ0n) is 20.1. The number of nitrogens with zero attached hydrogens (tertiary/aromatic N) is 1. The van der Waals surface area contributed by atoms with Crippen LogP contribution in [-0.4, -0.2) is 28.4 Å². The van der Waals surface area contributed by atoms with Gasteiger partial charge in [-0.25, -0.2) is 4.79 Å². The second kappa shape index (κ2) is 10.1. The van der Waals surface area contributed by atoms with Crippen molar-refractivity contribution < 1.29 is 19.4 Å². The minimum absolute atomic E-state index is 0.0685. The number of hydrogen-bond donors (Lipinski definition) is 1. The highest BCUT2D eigenvalue weighted by Gasteiger charge is 2.27. The molecule has 1 amide bonds. The third-order valence-electron chi connectivity index (χ3n) is 6.60. The maximum absolute atomic E-state index is 12.8. The summed E-state index contributed by atoms with van der Waals surface area (Å²) in [4.78, 5) is 26.2. The molecule has 1 N–H and O–H groups in total. The molecule has 0 bridgehead atoms. The molecule has 4 aromatic carbocycles. The Balaban J connectivity index is 1.24. The number of fused-ring (bicyclic) bond motifs is 1. The monoisotopic (exact) mass is 477 g/mol. The number of carbonyl (C=O) groups excluding carboxylic acids is 1. The molecule has 5 rings (SSSR count). The van der Waals surface area contributed by atoms with Crippen molar-refractivity contribution in [1.82, 2.24) is 4.90 Å². The van der Waals surface area contributed by atoms with Crippen LogP contribution in [0.4, 0.5) is 0 Å². The number of carbonyl (C=O) groups is 2. The van der Waals surface area contributed by atoms with E-state index in [1.807, 2.05) is 77.7 Å². The van der Waals surface area contributed by atoms with Gasteiger partial charge in [0.2, 0.25) is 0 Å². The quantitative estimate of drug-likeness (QED) is 0.331. The van der Waals surface area contributed by atoms with Crippen LogP contribution in [0.3, 0.4) is 0 Å². The Kier molecular flexibility index (Phi) is 6.54. The molecular weight excluding hydrogens is 450 g/mol. The fourth-order valence-corrected chi connectivity index (χ4v) is 4.58. The molecule has 1 aliphatic rings. The summed E-state index contributed by atoms with van der Waals surface area (Å²) in [6, 6.07) is 29.2. The van der Waals surface area contributed by atoms with Crippen molar-refractivity contribution in [3.63, 3.8) is 0 Å². The lowest BCUT2D eigenvalue weighted by Crippen LogP contribution is -2.26. The molecule has 0 unspecified atom stereocenters. The zero-order chi connectivity index (χ0) is 25.1. The first-order valence-electron chi connectivity index (χ1n) is 12.0. The van der Waals surface area contributed by atoms with Crippen molar-refractivity contribution in [2.75, 3.05) is 6.54 Å². The van der Waals surface area contributed by atoms with Gasteiger partial charge in [-0.3, -0.25) is 4.79 Å². The third-order valence-corrected chi connectivity index (χ3v) is 6.60. The summed E-state index contributed by atoms with van der Waals surface area (Å²) in [5.41, 5.74) is 6.76. The van der Waals surface area contributed by atoms with Gasteiger partial charge in [0.05, 0.1) is 5.56 Å². The Morgan fingerprint density at radius 2 is 1.67 bits per heavy atom. The van der Waals surface area contributed by atoms with Gasteiger partial charge in [0.1, 0.15) is 12.4 Å². The number of benzene rings is 4. The average molecular weight is 478 g/mol. The maximum atomic E-state index is 12.8. The van der Waals surface area contributed by atoms with Gasteiger partial charge < -0.3 is 14.7 Å². The molecule has 0 radical (unpaired) electrons. The van der Waals surface area contributed by atoms with Crippen molar-refractivity contribution in [3.05, 3.63) is 124 Å². The molecule has 0 spiro atoms. The summed E-state index contributed by atoms with van der Waals surface area (Å²) in [7, 11) is 0. The van der Waals surface area contributed by atoms with Crippen molar-refractivity contribution in [2.24, 2.45) is 0 Å². The van der Waals surface area contributed by atoms with Gasteiger partial charge in [-0.1, -0.05) is 60.7 Å². The molecule has 0 aromatic heterocycles. The van der Waals surface area contributed by atoms with Gasteiger partial charge in [-0.2, -0.15) is 0 Å². The summed E-state index contributed by atoms with van der Waals surface area (Å²) in [6.07, 6.45) is 0.829. The summed E-state index contributed by atoms with van der Waals surface area (Å²) < 4.78 is 6.07. The molecule has 5 heteroatoms. The number of carboxylic acids is 1. The molecule has 0 fully saturated rings. The van der Waals surface area contributed by atoms with Crippen molar-refractivity contribution in [2.45, 2.75) is 26.5 Å². The van der Waals surface area contributed by atoms with Gasteiger partial charge in [-0.15, -0.1) is 0 Å². The van der Waals surface area contributed by atoms with Crippen LogP contribution in [0, 0.1) is 6.92 Å². The van der Waals surface area contributed by atoms with E-state index in [1.165, 1.54) is 5.56 Å². The minimum atomic E-state index is -0.928. The second-order valence-corrected chi connectivity index (χ2v) is 9.11. The maximum Gasteiger partial charge on any atom is 0.335 e. The minimum Gasteiger partial charge on any atom is -0.489 e. The van der Waals surface area contributed by atoms with Gasteiger partial charge in [0.25, 0.3) is 5.91 Å². The van der Waals surface area contributed by atoms with E-state index in [1.54, 1.807) is 13.0 Å². The Hall–Kier alpha value is -4.38. The normalized spacial score (nSPS) is 12.5. The summed E-state index contributed by atoms with van der Waals surface area (Å²) in [6.45, 7) is 3.44. The van der Waals surface area contributed by atoms with Gasteiger partial charge >= 0.3 is 5.97 Å². The lowest BCUT2D eigenvalue weighted by atomic mass is 9.98. The molecule has 0 atom stereocenters. The lowest BCUT2D eigenvalue weighted by molar-refractivity contribution is 0.0695. The van der Waals surface area contributed by atoms with Gasteiger partial charge in [0.15, 0.2) is 0 Å². The van der Waals surface area contributed by atoms with Gasteiger partial charge in [0, 0.05) is 18.7 Å². The predicted molar refractivity (Wildman–Crippen MR) is 139 cm³/mol. The van der Waals surface area contributed by atoms with E-state index < -0.39 is 5.97 Å². The number of ether oxygens (including phenoxy) is 1. The molecule has 36 heavy (non-hydrogen) atoms. The van der Waals surface area contributed by atoms with Crippen LogP contribution in [0.1, 0.15) is 43.0 Å². The Morgan fingerprint density at radius 3 is 2.47 bits per heavy atom. The number of amides is 1. The molecule has 4 aromatic rings. The number of aromatic carboxylic acids is 1. The number of hydrogen-bond acceptors (Lipinski definition) is 3. The molecule has 0 aliphatic carbocycles. The first kappa shape index (κ1) is 23.4. The van der Waals surface area contributed by atoms with Crippen LogP contribution in [-0.2, 0) is 19.6 Å². The van der Waals surface area contributed by atoms with Crippen molar-refractivity contribution in [3.8, 4) is 16.9 Å². The van der Waals surface area contributed by atoms with Crippen molar-refractivity contribution in [1.29, 1.82) is 0 Å². The smallest absolute Gasteiger partial charge is 0.335 e. The Labute approximate surface area is 210 Å². The van der Waals surface area contributed by atoms with E-state index in [0.29, 0.717) is 25.3 Å². The summed E-state index contributed by atoms with van der Waals surface area (Å²) in [5.74, 6) is -0.137. The fourth-order valence-electron chi connectivity index (χ4n) is 4.58. The highest BCUT2D eigenvalue weighted by Crippen LogP contribution is 2.28. The fraction of sp³-hybridized carbons (Fsp3) is 0.161. The van der Waals surface area contributed by atoms with E-state index in [9.17, 15) is 14.7 Å². The molecular formula is C31H27NO4. The van der Waals surface area contributed by atoms with Crippen LogP contribution in [0.5, 0.6) is 5.75 Å². The van der Waals surface area contributed by atoms with Crippen LogP contribution < -0.4 is 4.74 Å². The average Bonchev–Trinajstić information content (AvgIpc) is 3.21. The predicted octanol–water partition coefficient (Wildman–Crippen LogP) is 6.14.